The lowest BCUT2D eigenvalue weighted by molar-refractivity contribution is 0.241. The fraction of sp³-hybridized carbons (Fsp3) is 0.600. The van der Waals surface area contributed by atoms with E-state index in [1.165, 1.54) is 12.8 Å². The summed E-state index contributed by atoms with van der Waals surface area (Å²) in [4.78, 5) is 2.39. The summed E-state index contributed by atoms with van der Waals surface area (Å²) in [6.45, 7) is 3.27. The van der Waals surface area contributed by atoms with Crippen molar-refractivity contribution < 1.29 is 0 Å². The van der Waals surface area contributed by atoms with Gasteiger partial charge in [-0.15, -0.1) is 0 Å². The van der Waals surface area contributed by atoms with Crippen LogP contribution in [-0.4, -0.2) is 30.6 Å². The van der Waals surface area contributed by atoms with E-state index in [9.17, 15) is 0 Å². The van der Waals surface area contributed by atoms with E-state index in [1.54, 1.807) is 0 Å². The molecule has 0 aliphatic carbocycles. The Labute approximate surface area is 79.3 Å². The number of hydrogen-bond acceptors (Lipinski definition) is 3. The number of nitrogens with two attached hydrogens (primary N) is 1. The standard InChI is InChI=1S/C10H17N3/c11-9-3-7-13(8-4-9)10-1-5-12-6-2-10/h3-4,7,10,12H,1-2,5-6,8,11H2. The summed E-state index contributed by atoms with van der Waals surface area (Å²) in [5.41, 5.74) is 6.56. The summed E-state index contributed by atoms with van der Waals surface area (Å²) < 4.78 is 0. The van der Waals surface area contributed by atoms with Crippen molar-refractivity contribution >= 4 is 0 Å². The van der Waals surface area contributed by atoms with E-state index in [0.29, 0.717) is 6.04 Å². The van der Waals surface area contributed by atoms with E-state index < -0.39 is 0 Å². The van der Waals surface area contributed by atoms with Crippen molar-refractivity contribution in [3.8, 4) is 0 Å². The molecule has 3 N–H and O–H groups in total. The van der Waals surface area contributed by atoms with Gasteiger partial charge in [-0.3, -0.25) is 0 Å². The molecule has 0 radical (unpaired) electrons. The topological polar surface area (TPSA) is 41.3 Å². The number of nitrogens with one attached hydrogen (secondary N) is 1. The average Bonchev–Trinajstić information content (AvgIpc) is 2.20. The van der Waals surface area contributed by atoms with Crippen molar-refractivity contribution in [3.63, 3.8) is 0 Å². The van der Waals surface area contributed by atoms with E-state index in [2.05, 4.69) is 22.5 Å². The molecule has 2 heterocycles. The minimum atomic E-state index is 0.710. The molecule has 0 aromatic heterocycles. The number of piperidine rings is 1. The lowest BCUT2D eigenvalue weighted by Crippen LogP contribution is -2.41. The van der Waals surface area contributed by atoms with E-state index in [0.717, 1.165) is 25.3 Å². The Kier molecular flexibility index (Phi) is 2.54. The van der Waals surface area contributed by atoms with Crippen molar-refractivity contribution in [3.05, 3.63) is 24.0 Å². The van der Waals surface area contributed by atoms with Crippen molar-refractivity contribution in [1.82, 2.24) is 10.2 Å². The highest BCUT2D eigenvalue weighted by atomic mass is 15.2. The highest BCUT2D eigenvalue weighted by Gasteiger charge is 2.18. The van der Waals surface area contributed by atoms with Gasteiger partial charge >= 0.3 is 0 Å². The maximum Gasteiger partial charge on any atom is 0.0379 e. The number of allylic oxidation sites excluding steroid dienone is 1. The van der Waals surface area contributed by atoms with Gasteiger partial charge in [0.05, 0.1) is 0 Å². The summed E-state index contributed by atoms with van der Waals surface area (Å²) in [5.74, 6) is 0. The maximum atomic E-state index is 5.66. The lowest BCUT2D eigenvalue weighted by atomic mass is 10.0. The van der Waals surface area contributed by atoms with E-state index in [1.807, 2.05) is 6.08 Å². The third kappa shape index (κ3) is 2.04. The Morgan fingerprint density at radius 1 is 1.38 bits per heavy atom. The normalized spacial score (nSPS) is 24.6. The molecule has 0 amide bonds. The van der Waals surface area contributed by atoms with Gasteiger partial charge in [0, 0.05) is 24.5 Å². The Hall–Kier alpha value is -0.960. The number of hydrogen-bond donors (Lipinski definition) is 2. The SMILES string of the molecule is NC1=CCN(C2CCNCC2)C=C1. The molecule has 0 bridgehead atoms. The third-order valence-corrected chi connectivity index (χ3v) is 2.77. The smallest absolute Gasteiger partial charge is 0.0379 e. The van der Waals surface area contributed by atoms with Crippen LogP contribution in [0.2, 0.25) is 0 Å². The molecule has 2 aliphatic rings. The molecule has 0 spiro atoms. The predicted octanol–water partition coefficient (Wildman–Crippen LogP) is 0.410. The molecule has 0 atom stereocenters. The molecule has 2 aliphatic heterocycles. The van der Waals surface area contributed by atoms with Crippen molar-refractivity contribution in [2.45, 2.75) is 18.9 Å². The van der Waals surface area contributed by atoms with Crippen LogP contribution in [0.15, 0.2) is 24.0 Å². The first-order chi connectivity index (χ1) is 6.36. The van der Waals surface area contributed by atoms with Gasteiger partial charge in [0.1, 0.15) is 0 Å². The first-order valence-electron chi connectivity index (χ1n) is 4.96. The predicted molar refractivity (Wildman–Crippen MR) is 54.0 cm³/mol. The van der Waals surface area contributed by atoms with Gasteiger partial charge < -0.3 is 16.0 Å². The first kappa shape index (κ1) is 8.63. The largest absolute Gasteiger partial charge is 0.399 e. The zero-order valence-electron chi connectivity index (χ0n) is 7.87. The Bertz CT molecular complexity index is 226. The summed E-state index contributed by atoms with van der Waals surface area (Å²) in [5, 5.41) is 3.37. The molecule has 2 rings (SSSR count). The van der Waals surface area contributed by atoms with Crippen LogP contribution < -0.4 is 11.1 Å². The molecule has 72 valence electrons. The van der Waals surface area contributed by atoms with Crippen LogP contribution in [0.4, 0.5) is 0 Å². The Balaban J connectivity index is 1.91. The van der Waals surface area contributed by atoms with Gasteiger partial charge in [-0.25, -0.2) is 0 Å². The molecule has 1 fully saturated rings. The molecule has 3 nitrogen and oxygen atoms in total. The zero-order chi connectivity index (χ0) is 9.10. The van der Waals surface area contributed by atoms with Crippen LogP contribution in [0.5, 0.6) is 0 Å². The maximum absolute atomic E-state index is 5.66. The molecule has 0 saturated carbocycles. The fourth-order valence-corrected chi connectivity index (χ4v) is 1.93. The minimum Gasteiger partial charge on any atom is -0.399 e. The van der Waals surface area contributed by atoms with Crippen molar-refractivity contribution in [1.29, 1.82) is 0 Å². The van der Waals surface area contributed by atoms with Crippen molar-refractivity contribution in [2.24, 2.45) is 5.73 Å². The highest BCUT2D eigenvalue weighted by molar-refractivity contribution is 5.19. The van der Waals surface area contributed by atoms with Crippen LogP contribution in [-0.2, 0) is 0 Å². The first-order valence-corrected chi connectivity index (χ1v) is 4.96. The van der Waals surface area contributed by atoms with Gasteiger partial charge in [0.15, 0.2) is 0 Å². The molecule has 0 aromatic rings. The second kappa shape index (κ2) is 3.83. The Morgan fingerprint density at radius 2 is 2.15 bits per heavy atom. The van der Waals surface area contributed by atoms with Crippen LogP contribution in [0.25, 0.3) is 0 Å². The third-order valence-electron chi connectivity index (χ3n) is 2.77. The molecule has 0 aromatic carbocycles. The molecular weight excluding hydrogens is 162 g/mol. The second-order valence-corrected chi connectivity index (χ2v) is 3.70. The summed E-state index contributed by atoms with van der Waals surface area (Å²) >= 11 is 0. The summed E-state index contributed by atoms with van der Waals surface area (Å²) in [7, 11) is 0. The van der Waals surface area contributed by atoms with Gasteiger partial charge in [0.2, 0.25) is 0 Å². The average molecular weight is 179 g/mol. The van der Waals surface area contributed by atoms with E-state index >= 15 is 0 Å². The Morgan fingerprint density at radius 3 is 2.77 bits per heavy atom. The molecule has 0 unspecified atom stereocenters. The molecule has 3 heteroatoms. The zero-order valence-corrected chi connectivity index (χ0v) is 7.87. The minimum absolute atomic E-state index is 0.710. The highest BCUT2D eigenvalue weighted by Crippen LogP contribution is 2.14. The van der Waals surface area contributed by atoms with E-state index in [-0.39, 0.29) is 0 Å². The second-order valence-electron chi connectivity index (χ2n) is 3.70. The molecular formula is C10H17N3. The van der Waals surface area contributed by atoms with Crippen LogP contribution in [0.3, 0.4) is 0 Å². The van der Waals surface area contributed by atoms with Crippen LogP contribution >= 0.6 is 0 Å². The van der Waals surface area contributed by atoms with Gasteiger partial charge in [-0.1, -0.05) is 0 Å². The molecule has 1 saturated heterocycles. The van der Waals surface area contributed by atoms with Crippen LogP contribution in [0, 0.1) is 0 Å². The number of rotatable bonds is 1. The van der Waals surface area contributed by atoms with Gasteiger partial charge in [0.25, 0.3) is 0 Å². The monoisotopic (exact) mass is 179 g/mol. The van der Waals surface area contributed by atoms with Gasteiger partial charge in [-0.2, -0.15) is 0 Å². The summed E-state index contributed by atoms with van der Waals surface area (Å²) in [6, 6.07) is 0.710. The fourth-order valence-electron chi connectivity index (χ4n) is 1.93. The summed E-state index contributed by atoms with van der Waals surface area (Å²) in [6.07, 6.45) is 8.70. The number of nitrogens with zero attached hydrogens (tertiary/aromatic N) is 1. The van der Waals surface area contributed by atoms with Crippen LogP contribution in [0.1, 0.15) is 12.8 Å². The van der Waals surface area contributed by atoms with Gasteiger partial charge in [-0.05, 0) is 38.1 Å². The van der Waals surface area contributed by atoms with E-state index in [4.69, 9.17) is 5.73 Å². The quantitative estimate of drug-likeness (QED) is 0.612. The lowest BCUT2D eigenvalue weighted by Gasteiger charge is -2.34. The van der Waals surface area contributed by atoms with Crippen molar-refractivity contribution in [2.75, 3.05) is 19.6 Å². The molecule has 13 heavy (non-hydrogen) atoms.